The molecule has 0 saturated carbocycles. The van der Waals surface area contributed by atoms with Crippen LogP contribution in [0, 0.1) is 5.92 Å². The van der Waals surface area contributed by atoms with Crippen LogP contribution in [0.25, 0.3) is 0 Å². The first-order valence-corrected chi connectivity index (χ1v) is 6.04. The van der Waals surface area contributed by atoms with E-state index in [2.05, 4.69) is 15.9 Å². The lowest BCUT2D eigenvalue weighted by Crippen LogP contribution is -2.26. The Hall–Kier alpha value is -1.36. The molecule has 0 bridgehead atoms. The molecule has 0 unspecified atom stereocenters. The van der Waals surface area contributed by atoms with Gasteiger partial charge in [0.05, 0.1) is 12.0 Å². The summed E-state index contributed by atoms with van der Waals surface area (Å²) < 4.78 is 0.931. The first kappa shape index (κ1) is 12.1. The largest absolute Gasteiger partial charge is 0.481 e. The van der Waals surface area contributed by atoms with Crippen LogP contribution in [0.5, 0.6) is 0 Å². The fourth-order valence-corrected chi connectivity index (χ4v) is 2.47. The fraction of sp³-hybridized carbons (Fsp3) is 0.333. The second kappa shape index (κ2) is 4.49. The number of carbonyl (C=O) groups is 2. The minimum atomic E-state index is -0.921. The summed E-state index contributed by atoms with van der Waals surface area (Å²) in [4.78, 5) is 24.3. The highest BCUT2D eigenvalue weighted by molar-refractivity contribution is 9.10. The van der Waals surface area contributed by atoms with E-state index in [0.717, 1.165) is 10.0 Å². The summed E-state index contributed by atoms with van der Waals surface area (Å²) in [6.07, 6.45) is 0.0760. The summed E-state index contributed by atoms with van der Waals surface area (Å²) in [5.74, 6) is -1.70. The van der Waals surface area contributed by atoms with Crippen LogP contribution >= 0.6 is 15.9 Å². The van der Waals surface area contributed by atoms with E-state index in [4.69, 9.17) is 5.11 Å². The predicted octanol–water partition coefficient (Wildman–Crippen LogP) is 2.05. The standard InChI is InChI=1S/C12H12BrNO3/c1-14-10(15)6-9(12(16)17)11(14)7-2-4-8(13)5-3-7/h2-5,9,11H,6H2,1H3,(H,16,17)/t9-,11+/m0/s1. The average molecular weight is 298 g/mol. The Morgan fingerprint density at radius 2 is 2.00 bits per heavy atom. The summed E-state index contributed by atoms with van der Waals surface area (Å²) >= 11 is 3.33. The Morgan fingerprint density at radius 3 is 2.53 bits per heavy atom. The molecule has 1 fully saturated rings. The van der Waals surface area contributed by atoms with E-state index in [0.29, 0.717) is 0 Å². The molecular formula is C12H12BrNO3. The molecule has 4 nitrogen and oxygen atoms in total. The third kappa shape index (κ3) is 2.20. The number of hydrogen-bond acceptors (Lipinski definition) is 2. The summed E-state index contributed by atoms with van der Waals surface area (Å²) in [6.45, 7) is 0. The molecule has 0 aromatic heterocycles. The molecule has 1 aliphatic rings. The number of carboxylic acid groups (broad SMARTS) is 1. The van der Waals surface area contributed by atoms with Crippen LogP contribution in [0.1, 0.15) is 18.0 Å². The van der Waals surface area contributed by atoms with E-state index >= 15 is 0 Å². The maximum atomic E-state index is 11.6. The minimum absolute atomic E-state index is 0.0760. The number of aliphatic carboxylic acids is 1. The molecule has 0 radical (unpaired) electrons. The molecule has 1 aromatic carbocycles. The van der Waals surface area contributed by atoms with Crippen molar-refractivity contribution in [3.05, 3.63) is 34.3 Å². The van der Waals surface area contributed by atoms with E-state index in [1.165, 1.54) is 4.90 Å². The zero-order valence-electron chi connectivity index (χ0n) is 9.26. The van der Waals surface area contributed by atoms with E-state index in [1.54, 1.807) is 7.05 Å². The first-order valence-electron chi connectivity index (χ1n) is 5.24. The molecule has 1 aromatic rings. The van der Waals surface area contributed by atoms with Crippen molar-refractivity contribution in [1.82, 2.24) is 4.90 Å². The lowest BCUT2D eigenvalue weighted by Gasteiger charge is -2.23. The number of nitrogens with zero attached hydrogens (tertiary/aromatic N) is 1. The zero-order valence-corrected chi connectivity index (χ0v) is 10.8. The highest BCUT2D eigenvalue weighted by Crippen LogP contribution is 2.37. The molecule has 1 aliphatic heterocycles. The van der Waals surface area contributed by atoms with Gasteiger partial charge in [-0.25, -0.2) is 0 Å². The van der Waals surface area contributed by atoms with Gasteiger partial charge >= 0.3 is 5.97 Å². The topological polar surface area (TPSA) is 57.6 Å². The molecular weight excluding hydrogens is 286 g/mol. The third-order valence-electron chi connectivity index (χ3n) is 3.12. The van der Waals surface area contributed by atoms with Gasteiger partial charge in [-0.15, -0.1) is 0 Å². The zero-order chi connectivity index (χ0) is 12.6. The van der Waals surface area contributed by atoms with Crippen LogP contribution in [0.2, 0.25) is 0 Å². The molecule has 90 valence electrons. The van der Waals surface area contributed by atoms with Crippen molar-refractivity contribution in [3.8, 4) is 0 Å². The molecule has 1 heterocycles. The predicted molar refractivity (Wildman–Crippen MR) is 65.4 cm³/mol. The first-order chi connectivity index (χ1) is 8.00. The van der Waals surface area contributed by atoms with Crippen LogP contribution in [-0.2, 0) is 9.59 Å². The van der Waals surface area contributed by atoms with Crippen molar-refractivity contribution >= 4 is 27.8 Å². The molecule has 2 atom stereocenters. The van der Waals surface area contributed by atoms with E-state index in [1.807, 2.05) is 24.3 Å². The normalized spacial score (nSPS) is 24.1. The van der Waals surface area contributed by atoms with Gasteiger partial charge in [0.15, 0.2) is 0 Å². The van der Waals surface area contributed by atoms with Gasteiger partial charge in [-0.1, -0.05) is 28.1 Å². The Bertz CT molecular complexity index is 457. The van der Waals surface area contributed by atoms with Gasteiger partial charge in [0.1, 0.15) is 0 Å². The van der Waals surface area contributed by atoms with Crippen molar-refractivity contribution in [2.45, 2.75) is 12.5 Å². The molecule has 17 heavy (non-hydrogen) atoms. The lowest BCUT2D eigenvalue weighted by molar-refractivity contribution is -0.142. The van der Waals surface area contributed by atoms with Gasteiger partial charge < -0.3 is 10.0 Å². The van der Waals surface area contributed by atoms with Crippen molar-refractivity contribution in [3.63, 3.8) is 0 Å². The molecule has 2 rings (SSSR count). The van der Waals surface area contributed by atoms with Crippen LogP contribution in [-0.4, -0.2) is 28.9 Å². The fourth-order valence-electron chi connectivity index (χ4n) is 2.21. The maximum Gasteiger partial charge on any atom is 0.309 e. The van der Waals surface area contributed by atoms with Gasteiger partial charge in [-0.05, 0) is 17.7 Å². The van der Waals surface area contributed by atoms with Crippen LogP contribution in [0.3, 0.4) is 0 Å². The maximum absolute atomic E-state index is 11.6. The average Bonchev–Trinajstić information content (AvgIpc) is 2.57. The number of carbonyl (C=O) groups excluding carboxylic acids is 1. The van der Waals surface area contributed by atoms with Crippen molar-refractivity contribution in [2.75, 3.05) is 7.05 Å². The SMILES string of the molecule is CN1C(=O)C[C@H](C(=O)O)[C@H]1c1ccc(Br)cc1. The number of carboxylic acids is 1. The molecule has 0 aliphatic carbocycles. The lowest BCUT2D eigenvalue weighted by atomic mass is 9.94. The van der Waals surface area contributed by atoms with E-state index in [-0.39, 0.29) is 18.4 Å². The molecule has 1 amide bonds. The van der Waals surface area contributed by atoms with Gasteiger partial charge in [0.2, 0.25) is 5.91 Å². The summed E-state index contributed by atoms with van der Waals surface area (Å²) in [5.41, 5.74) is 0.856. The number of halogens is 1. The van der Waals surface area contributed by atoms with Crippen LogP contribution < -0.4 is 0 Å². The number of amides is 1. The summed E-state index contributed by atoms with van der Waals surface area (Å²) in [7, 11) is 1.65. The quantitative estimate of drug-likeness (QED) is 0.909. The Kier molecular flexibility index (Phi) is 3.19. The highest BCUT2D eigenvalue weighted by atomic mass is 79.9. The smallest absolute Gasteiger partial charge is 0.309 e. The van der Waals surface area contributed by atoms with Crippen molar-refractivity contribution in [2.24, 2.45) is 5.92 Å². The van der Waals surface area contributed by atoms with Crippen molar-refractivity contribution < 1.29 is 14.7 Å². The Morgan fingerprint density at radius 1 is 1.41 bits per heavy atom. The number of likely N-dealkylation sites (tertiary alicyclic amines) is 1. The monoisotopic (exact) mass is 297 g/mol. The molecule has 0 spiro atoms. The summed E-state index contributed by atoms with van der Waals surface area (Å²) in [6, 6.07) is 7.03. The molecule has 1 N–H and O–H groups in total. The minimum Gasteiger partial charge on any atom is -0.481 e. The molecule has 5 heteroatoms. The number of rotatable bonds is 2. The van der Waals surface area contributed by atoms with E-state index in [9.17, 15) is 9.59 Å². The molecule has 1 saturated heterocycles. The second-order valence-corrected chi connectivity index (χ2v) is 5.07. The number of hydrogen-bond donors (Lipinski definition) is 1. The highest BCUT2D eigenvalue weighted by Gasteiger charge is 2.42. The van der Waals surface area contributed by atoms with E-state index < -0.39 is 11.9 Å². The third-order valence-corrected chi connectivity index (χ3v) is 3.64. The Labute approximate surface area is 107 Å². The van der Waals surface area contributed by atoms with Crippen LogP contribution in [0.4, 0.5) is 0 Å². The van der Waals surface area contributed by atoms with Gasteiger partial charge in [-0.2, -0.15) is 0 Å². The summed E-state index contributed by atoms with van der Waals surface area (Å²) in [5, 5.41) is 9.15. The van der Waals surface area contributed by atoms with Gasteiger partial charge in [0.25, 0.3) is 0 Å². The Balaban J connectivity index is 2.37. The van der Waals surface area contributed by atoms with Crippen molar-refractivity contribution in [1.29, 1.82) is 0 Å². The number of benzene rings is 1. The van der Waals surface area contributed by atoms with Gasteiger partial charge in [-0.3, -0.25) is 9.59 Å². The second-order valence-electron chi connectivity index (χ2n) is 4.15. The van der Waals surface area contributed by atoms with Gasteiger partial charge in [0, 0.05) is 17.9 Å². The van der Waals surface area contributed by atoms with Crippen LogP contribution in [0.15, 0.2) is 28.7 Å².